The summed E-state index contributed by atoms with van der Waals surface area (Å²) in [6.45, 7) is 5.44. The summed E-state index contributed by atoms with van der Waals surface area (Å²) in [7, 11) is 0. The van der Waals surface area contributed by atoms with E-state index in [4.69, 9.17) is 5.11 Å². The van der Waals surface area contributed by atoms with Gasteiger partial charge in [0.2, 0.25) is 5.91 Å². The van der Waals surface area contributed by atoms with Gasteiger partial charge in [0.15, 0.2) is 0 Å². The third-order valence-corrected chi connectivity index (χ3v) is 3.92. The number of carbonyl (C=O) groups excluding carboxylic acids is 1. The Balaban J connectivity index is 1.82. The van der Waals surface area contributed by atoms with Crippen LogP contribution in [0.25, 0.3) is 0 Å². The van der Waals surface area contributed by atoms with Crippen LogP contribution >= 0.6 is 0 Å². The lowest BCUT2D eigenvalue weighted by atomic mass is 10.0. The largest absolute Gasteiger partial charge is 0.395 e. The monoisotopic (exact) mass is 255 g/mol. The topological polar surface area (TPSA) is 55.8 Å². The number of nitrogens with zero attached hydrogens (tertiary/aromatic N) is 2. The summed E-state index contributed by atoms with van der Waals surface area (Å²) in [5.41, 5.74) is 0. The van der Waals surface area contributed by atoms with Crippen LogP contribution in [0.1, 0.15) is 25.7 Å². The van der Waals surface area contributed by atoms with E-state index < -0.39 is 0 Å². The van der Waals surface area contributed by atoms with E-state index in [1.165, 1.54) is 6.42 Å². The summed E-state index contributed by atoms with van der Waals surface area (Å²) in [5.74, 6) is 0.278. The van der Waals surface area contributed by atoms with Crippen molar-refractivity contribution in [2.45, 2.75) is 31.7 Å². The highest BCUT2D eigenvalue weighted by Gasteiger charge is 2.26. The van der Waals surface area contributed by atoms with Crippen molar-refractivity contribution in [2.24, 2.45) is 0 Å². The zero-order chi connectivity index (χ0) is 12.8. The minimum Gasteiger partial charge on any atom is -0.395 e. The number of aliphatic hydroxyl groups is 1. The number of piperidine rings is 1. The molecule has 0 unspecified atom stereocenters. The SMILES string of the molecule is O=C([C@H]1CCCCN1)N1CCCN(CCO)CC1. The fourth-order valence-corrected chi connectivity index (χ4v) is 2.84. The van der Waals surface area contributed by atoms with Crippen LogP contribution in [0.4, 0.5) is 0 Å². The molecular weight excluding hydrogens is 230 g/mol. The van der Waals surface area contributed by atoms with Crippen molar-refractivity contribution >= 4 is 5.91 Å². The highest BCUT2D eigenvalue weighted by atomic mass is 16.3. The second-order valence-electron chi connectivity index (χ2n) is 5.25. The van der Waals surface area contributed by atoms with Crippen molar-refractivity contribution < 1.29 is 9.90 Å². The zero-order valence-electron chi connectivity index (χ0n) is 11.1. The van der Waals surface area contributed by atoms with Crippen LogP contribution in [0.5, 0.6) is 0 Å². The van der Waals surface area contributed by atoms with Crippen molar-refractivity contribution in [3.05, 3.63) is 0 Å². The molecule has 0 aromatic rings. The molecule has 1 atom stereocenters. The van der Waals surface area contributed by atoms with Crippen molar-refractivity contribution in [3.8, 4) is 0 Å². The van der Waals surface area contributed by atoms with Crippen LogP contribution in [0.15, 0.2) is 0 Å². The molecule has 0 spiro atoms. The van der Waals surface area contributed by atoms with E-state index in [0.29, 0.717) is 0 Å². The Morgan fingerprint density at radius 1 is 1.17 bits per heavy atom. The van der Waals surface area contributed by atoms with Gasteiger partial charge in [-0.15, -0.1) is 0 Å². The summed E-state index contributed by atoms with van der Waals surface area (Å²) in [6.07, 6.45) is 4.34. The van der Waals surface area contributed by atoms with E-state index in [2.05, 4.69) is 10.2 Å². The maximum absolute atomic E-state index is 12.4. The molecule has 0 aliphatic carbocycles. The molecule has 0 aromatic carbocycles. The molecule has 0 bridgehead atoms. The molecule has 104 valence electrons. The molecule has 0 saturated carbocycles. The first-order valence-electron chi connectivity index (χ1n) is 7.16. The van der Waals surface area contributed by atoms with Crippen LogP contribution in [-0.4, -0.2) is 72.7 Å². The molecule has 2 saturated heterocycles. The number of nitrogens with one attached hydrogen (secondary N) is 1. The van der Waals surface area contributed by atoms with Gasteiger partial charge >= 0.3 is 0 Å². The molecule has 2 fully saturated rings. The summed E-state index contributed by atoms with van der Waals surface area (Å²) >= 11 is 0. The molecule has 5 nitrogen and oxygen atoms in total. The summed E-state index contributed by atoms with van der Waals surface area (Å²) < 4.78 is 0. The number of amides is 1. The number of hydrogen-bond donors (Lipinski definition) is 2. The quantitative estimate of drug-likeness (QED) is 0.724. The minimum atomic E-state index is 0.0446. The Hall–Kier alpha value is -0.650. The first-order chi connectivity index (χ1) is 8.81. The van der Waals surface area contributed by atoms with Gasteiger partial charge in [-0.2, -0.15) is 0 Å². The maximum atomic E-state index is 12.4. The molecule has 2 aliphatic heterocycles. The van der Waals surface area contributed by atoms with Gasteiger partial charge in [-0.1, -0.05) is 6.42 Å². The zero-order valence-corrected chi connectivity index (χ0v) is 11.1. The third-order valence-electron chi connectivity index (χ3n) is 3.92. The molecular formula is C13H25N3O2. The fourth-order valence-electron chi connectivity index (χ4n) is 2.84. The van der Waals surface area contributed by atoms with E-state index in [1.54, 1.807) is 0 Å². The van der Waals surface area contributed by atoms with Crippen LogP contribution in [0.3, 0.4) is 0 Å². The van der Waals surface area contributed by atoms with Crippen molar-refractivity contribution in [1.82, 2.24) is 15.1 Å². The average Bonchev–Trinajstić information content (AvgIpc) is 2.65. The molecule has 2 rings (SSSR count). The molecule has 2 heterocycles. The average molecular weight is 255 g/mol. The molecule has 18 heavy (non-hydrogen) atoms. The second kappa shape index (κ2) is 7.07. The molecule has 0 radical (unpaired) electrons. The van der Waals surface area contributed by atoms with Gasteiger partial charge in [0, 0.05) is 26.2 Å². The lowest BCUT2D eigenvalue weighted by Gasteiger charge is -2.29. The second-order valence-corrected chi connectivity index (χ2v) is 5.25. The summed E-state index contributed by atoms with van der Waals surface area (Å²) in [4.78, 5) is 16.6. The Labute approximate surface area is 109 Å². The van der Waals surface area contributed by atoms with Gasteiger partial charge < -0.3 is 15.3 Å². The number of hydrogen-bond acceptors (Lipinski definition) is 4. The Bertz CT molecular complexity index is 267. The number of carbonyl (C=O) groups is 1. The van der Waals surface area contributed by atoms with Crippen LogP contribution < -0.4 is 5.32 Å². The number of β-amino-alcohol motifs (C(OH)–C–C–N with tert-alkyl or cyclic N) is 1. The van der Waals surface area contributed by atoms with Gasteiger partial charge in [-0.05, 0) is 32.4 Å². The van der Waals surface area contributed by atoms with E-state index in [0.717, 1.165) is 58.5 Å². The number of rotatable bonds is 3. The molecule has 0 aromatic heterocycles. The summed E-state index contributed by atoms with van der Waals surface area (Å²) in [6, 6.07) is 0.0446. The standard InChI is InChI=1S/C13H25N3O2/c17-11-10-15-6-3-7-16(9-8-15)13(18)12-4-1-2-5-14-12/h12,14,17H,1-11H2/t12-/m1/s1. The van der Waals surface area contributed by atoms with Crippen LogP contribution in [0.2, 0.25) is 0 Å². The van der Waals surface area contributed by atoms with E-state index in [-0.39, 0.29) is 18.6 Å². The number of aliphatic hydroxyl groups excluding tert-OH is 1. The van der Waals surface area contributed by atoms with Crippen LogP contribution in [0, 0.1) is 0 Å². The molecule has 5 heteroatoms. The normalized spacial score (nSPS) is 26.9. The van der Waals surface area contributed by atoms with E-state index in [9.17, 15) is 4.79 Å². The molecule has 1 amide bonds. The van der Waals surface area contributed by atoms with E-state index >= 15 is 0 Å². The maximum Gasteiger partial charge on any atom is 0.239 e. The first-order valence-corrected chi connectivity index (χ1v) is 7.16. The van der Waals surface area contributed by atoms with Gasteiger partial charge in [-0.25, -0.2) is 0 Å². The third kappa shape index (κ3) is 3.67. The van der Waals surface area contributed by atoms with Crippen molar-refractivity contribution in [1.29, 1.82) is 0 Å². The Morgan fingerprint density at radius 3 is 2.78 bits per heavy atom. The van der Waals surface area contributed by atoms with Crippen molar-refractivity contribution in [3.63, 3.8) is 0 Å². The first kappa shape index (κ1) is 13.8. The smallest absolute Gasteiger partial charge is 0.239 e. The molecule has 2 aliphatic rings. The van der Waals surface area contributed by atoms with Gasteiger partial charge in [0.25, 0.3) is 0 Å². The Morgan fingerprint density at radius 2 is 2.06 bits per heavy atom. The molecule has 2 N–H and O–H groups in total. The highest BCUT2D eigenvalue weighted by molar-refractivity contribution is 5.82. The summed E-state index contributed by atoms with van der Waals surface area (Å²) in [5, 5.41) is 12.3. The highest BCUT2D eigenvalue weighted by Crippen LogP contribution is 2.12. The van der Waals surface area contributed by atoms with Gasteiger partial charge in [-0.3, -0.25) is 9.69 Å². The predicted molar refractivity (Wildman–Crippen MR) is 70.4 cm³/mol. The lowest BCUT2D eigenvalue weighted by Crippen LogP contribution is -2.49. The Kier molecular flexibility index (Phi) is 5.41. The predicted octanol–water partition coefficient (Wildman–Crippen LogP) is -0.345. The van der Waals surface area contributed by atoms with Crippen LogP contribution in [-0.2, 0) is 4.79 Å². The fraction of sp³-hybridized carbons (Fsp3) is 0.923. The van der Waals surface area contributed by atoms with E-state index in [1.807, 2.05) is 4.90 Å². The van der Waals surface area contributed by atoms with Gasteiger partial charge in [0.05, 0.1) is 12.6 Å². The lowest BCUT2D eigenvalue weighted by molar-refractivity contribution is -0.133. The minimum absolute atomic E-state index is 0.0446. The van der Waals surface area contributed by atoms with Crippen molar-refractivity contribution in [2.75, 3.05) is 45.9 Å². The van der Waals surface area contributed by atoms with Gasteiger partial charge in [0.1, 0.15) is 0 Å².